The molecule has 0 bridgehead atoms. The fourth-order valence-electron chi connectivity index (χ4n) is 1.86. The molecule has 0 N–H and O–H groups in total. The summed E-state index contributed by atoms with van der Waals surface area (Å²) in [5.41, 5.74) is 2.76. The van der Waals surface area contributed by atoms with Crippen LogP contribution in [0, 0.1) is 0 Å². The number of imidazole rings is 1. The monoisotopic (exact) mass is 254 g/mol. The molecule has 0 aliphatic rings. The van der Waals surface area contributed by atoms with E-state index in [-0.39, 0.29) is 0 Å². The number of fused-ring (bicyclic) bond motifs is 1. The molecule has 0 amide bonds. The third-order valence-electron chi connectivity index (χ3n) is 2.77. The first-order chi connectivity index (χ1) is 9.38. The van der Waals surface area contributed by atoms with Gasteiger partial charge in [-0.1, -0.05) is 6.92 Å². The summed E-state index contributed by atoms with van der Waals surface area (Å²) in [5.74, 6) is 0.614. The van der Waals surface area contributed by atoms with Crippen LogP contribution in [0.5, 0.6) is 5.88 Å². The van der Waals surface area contributed by atoms with Crippen LogP contribution in [0.25, 0.3) is 16.9 Å². The largest absolute Gasteiger partial charge is 0.477 e. The highest BCUT2D eigenvalue weighted by atomic mass is 16.5. The van der Waals surface area contributed by atoms with Gasteiger partial charge in [-0.25, -0.2) is 9.50 Å². The molecule has 3 heterocycles. The Morgan fingerprint density at radius 1 is 1.16 bits per heavy atom. The second-order valence-electron chi connectivity index (χ2n) is 4.17. The molecule has 0 saturated heterocycles. The quantitative estimate of drug-likeness (QED) is 0.718. The van der Waals surface area contributed by atoms with Gasteiger partial charge in [0.15, 0.2) is 5.65 Å². The van der Waals surface area contributed by atoms with Crippen LogP contribution in [-0.2, 0) is 0 Å². The smallest absolute Gasteiger partial charge is 0.231 e. The third kappa shape index (κ3) is 2.27. The first-order valence-corrected chi connectivity index (χ1v) is 6.26. The lowest BCUT2D eigenvalue weighted by atomic mass is 10.2. The Kier molecular flexibility index (Phi) is 3.10. The normalized spacial score (nSPS) is 10.8. The van der Waals surface area contributed by atoms with Crippen molar-refractivity contribution in [3.8, 4) is 17.1 Å². The Morgan fingerprint density at radius 2 is 2.00 bits per heavy atom. The van der Waals surface area contributed by atoms with Crippen LogP contribution in [-0.4, -0.2) is 26.2 Å². The molecule has 5 nitrogen and oxygen atoms in total. The van der Waals surface area contributed by atoms with E-state index in [2.05, 4.69) is 22.0 Å². The predicted molar refractivity (Wildman–Crippen MR) is 72.0 cm³/mol. The Labute approximate surface area is 110 Å². The maximum absolute atomic E-state index is 5.55. The van der Waals surface area contributed by atoms with Crippen molar-refractivity contribution in [2.24, 2.45) is 0 Å². The SMILES string of the molecule is CCCOc1ccc2ncc(-c3ccncc3)n2n1. The Bertz CT molecular complexity index is 678. The lowest BCUT2D eigenvalue weighted by molar-refractivity contribution is 0.300. The van der Waals surface area contributed by atoms with Crippen molar-refractivity contribution in [2.45, 2.75) is 13.3 Å². The Hall–Kier alpha value is -2.43. The average Bonchev–Trinajstić information content (AvgIpc) is 2.89. The van der Waals surface area contributed by atoms with E-state index in [1.165, 1.54) is 0 Å². The van der Waals surface area contributed by atoms with Crippen LogP contribution >= 0.6 is 0 Å². The van der Waals surface area contributed by atoms with Gasteiger partial charge in [0.05, 0.1) is 18.5 Å². The summed E-state index contributed by atoms with van der Waals surface area (Å²) in [7, 11) is 0. The average molecular weight is 254 g/mol. The van der Waals surface area contributed by atoms with Gasteiger partial charge < -0.3 is 4.74 Å². The van der Waals surface area contributed by atoms with Crippen LogP contribution in [0.15, 0.2) is 42.9 Å². The number of pyridine rings is 1. The van der Waals surface area contributed by atoms with E-state index in [9.17, 15) is 0 Å². The third-order valence-corrected chi connectivity index (χ3v) is 2.77. The van der Waals surface area contributed by atoms with Crippen molar-refractivity contribution in [3.05, 3.63) is 42.9 Å². The molecule has 96 valence electrons. The van der Waals surface area contributed by atoms with E-state index < -0.39 is 0 Å². The van der Waals surface area contributed by atoms with Crippen molar-refractivity contribution in [1.82, 2.24) is 19.6 Å². The van der Waals surface area contributed by atoms with Crippen molar-refractivity contribution in [3.63, 3.8) is 0 Å². The number of hydrogen-bond acceptors (Lipinski definition) is 4. The van der Waals surface area contributed by atoms with Gasteiger partial charge in [-0.05, 0) is 24.6 Å². The molecule has 0 unspecified atom stereocenters. The fourth-order valence-corrected chi connectivity index (χ4v) is 1.86. The summed E-state index contributed by atoms with van der Waals surface area (Å²) in [6, 6.07) is 7.62. The van der Waals surface area contributed by atoms with Crippen molar-refractivity contribution in [2.75, 3.05) is 6.61 Å². The molecular weight excluding hydrogens is 240 g/mol. The fraction of sp³-hybridized carbons (Fsp3) is 0.214. The van der Waals surface area contributed by atoms with Gasteiger partial charge in [0.25, 0.3) is 0 Å². The van der Waals surface area contributed by atoms with Gasteiger partial charge in [0, 0.05) is 24.0 Å². The molecule has 0 atom stereocenters. The Morgan fingerprint density at radius 3 is 2.79 bits per heavy atom. The number of nitrogens with zero attached hydrogens (tertiary/aromatic N) is 4. The molecular formula is C14H14N4O. The second kappa shape index (κ2) is 5.06. The highest BCUT2D eigenvalue weighted by Crippen LogP contribution is 2.20. The highest BCUT2D eigenvalue weighted by molar-refractivity contribution is 5.62. The van der Waals surface area contributed by atoms with Crippen LogP contribution in [0.2, 0.25) is 0 Å². The van der Waals surface area contributed by atoms with E-state index >= 15 is 0 Å². The molecule has 0 aliphatic heterocycles. The molecule has 3 rings (SSSR count). The lowest BCUT2D eigenvalue weighted by Crippen LogP contribution is -2.01. The zero-order valence-corrected chi connectivity index (χ0v) is 10.7. The number of rotatable bonds is 4. The summed E-state index contributed by atoms with van der Waals surface area (Å²) >= 11 is 0. The standard InChI is InChI=1S/C14H14N4O/c1-2-9-19-14-4-3-13-16-10-12(18(13)17-14)11-5-7-15-8-6-11/h3-8,10H,2,9H2,1H3. The van der Waals surface area contributed by atoms with Gasteiger partial charge in [-0.3, -0.25) is 4.98 Å². The van der Waals surface area contributed by atoms with E-state index in [0.29, 0.717) is 12.5 Å². The number of hydrogen-bond donors (Lipinski definition) is 0. The molecule has 0 spiro atoms. The van der Waals surface area contributed by atoms with Crippen molar-refractivity contribution >= 4 is 5.65 Å². The minimum absolute atomic E-state index is 0.614. The topological polar surface area (TPSA) is 52.3 Å². The first-order valence-electron chi connectivity index (χ1n) is 6.26. The van der Waals surface area contributed by atoms with Gasteiger partial charge >= 0.3 is 0 Å². The van der Waals surface area contributed by atoms with E-state index in [1.807, 2.05) is 24.3 Å². The van der Waals surface area contributed by atoms with Gasteiger partial charge in [-0.2, -0.15) is 0 Å². The van der Waals surface area contributed by atoms with Crippen molar-refractivity contribution in [1.29, 1.82) is 0 Å². The first kappa shape index (κ1) is 11.6. The van der Waals surface area contributed by atoms with E-state index in [0.717, 1.165) is 23.3 Å². The lowest BCUT2D eigenvalue weighted by Gasteiger charge is -2.05. The van der Waals surface area contributed by atoms with E-state index in [4.69, 9.17) is 4.74 Å². The molecule has 0 radical (unpaired) electrons. The molecule has 0 aromatic carbocycles. The van der Waals surface area contributed by atoms with Crippen molar-refractivity contribution < 1.29 is 4.74 Å². The molecule has 0 saturated carbocycles. The van der Waals surface area contributed by atoms with Gasteiger partial charge in [-0.15, -0.1) is 5.10 Å². The van der Waals surface area contributed by atoms with Crippen LogP contribution in [0.1, 0.15) is 13.3 Å². The molecule has 19 heavy (non-hydrogen) atoms. The molecule has 0 fully saturated rings. The number of aromatic nitrogens is 4. The zero-order valence-electron chi connectivity index (χ0n) is 10.7. The zero-order chi connectivity index (χ0) is 13.1. The summed E-state index contributed by atoms with van der Waals surface area (Å²) in [4.78, 5) is 8.36. The van der Waals surface area contributed by atoms with Gasteiger partial charge in [0.2, 0.25) is 5.88 Å². The number of ether oxygens (including phenoxy) is 1. The Balaban J connectivity index is 2.05. The second-order valence-corrected chi connectivity index (χ2v) is 4.17. The minimum atomic E-state index is 0.614. The van der Waals surface area contributed by atoms with E-state index in [1.54, 1.807) is 23.1 Å². The maximum atomic E-state index is 5.55. The van der Waals surface area contributed by atoms with Crippen LogP contribution in [0.3, 0.4) is 0 Å². The van der Waals surface area contributed by atoms with Crippen LogP contribution in [0.4, 0.5) is 0 Å². The summed E-state index contributed by atoms with van der Waals surface area (Å²) in [6.45, 7) is 2.73. The van der Waals surface area contributed by atoms with Gasteiger partial charge in [0.1, 0.15) is 0 Å². The predicted octanol–water partition coefficient (Wildman–Crippen LogP) is 2.58. The van der Waals surface area contributed by atoms with Crippen LogP contribution < -0.4 is 4.74 Å². The molecule has 0 aliphatic carbocycles. The summed E-state index contributed by atoms with van der Waals surface area (Å²) < 4.78 is 7.34. The molecule has 3 aromatic rings. The maximum Gasteiger partial charge on any atom is 0.231 e. The minimum Gasteiger partial charge on any atom is -0.477 e. The molecule has 5 heteroatoms. The summed E-state index contributed by atoms with van der Waals surface area (Å²) in [6.07, 6.45) is 6.28. The highest BCUT2D eigenvalue weighted by Gasteiger charge is 2.07. The molecule has 3 aromatic heterocycles. The summed E-state index contributed by atoms with van der Waals surface area (Å²) in [5, 5.41) is 4.46.